The first-order valence-corrected chi connectivity index (χ1v) is 4.67. The molecule has 4 heteroatoms. The van der Waals surface area contributed by atoms with Gasteiger partial charge in [-0.25, -0.2) is 0 Å². The highest BCUT2D eigenvalue weighted by Crippen LogP contribution is 2.19. The molecule has 0 saturated heterocycles. The summed E-state index contributed by atoms with van der Waals surface area (Å²) in [4.78, 5) is 10.9. The molecule has 15 heavy (non-hydrogen) atoms. The number of aryl methyl sites for hydroxylation is 1. The molecule has 0 saturated carbocycles. The van der Waals surface area contributed by atoms with E-state index in [1.165, 1.54) is 0 Å². The Kier molecular flexibility index (Phi) is 4.12. The van der Waals surface area contributed by atoms with Crippen LogP contribution in [0.2, 0.25) is 0 Å². The van der Waals surface area contributed by atoms with E-state index in [0.29, 0.717) is 24.5 Å². The molecular weight excluding hydrogens is 194 g/mol. The predicted molar refractivity (Wildman–Crippen MR) is 57.1 cm³/mol. The maximum absolute atomic E-state index is 10.9. The SMILES string of the molecule is COCCOc1cc(C(N)=O)ccc1C. The van der Waals surface area contributed by atoms with E-state index in [-0.39, 0.29) is 0 Å². The van der Waals surface area contributed by atoms with Crippen molar-refractivity contribution in [2.24, 2.45) is 5.73 Å². The van der Waals surface area contributed by atoms with Crippen LogP contribution in [0.3, 0.4) is 0 Å². The van der Waals surface area contributed by atoms with Gasteiger partial charge < -0.3 is 15.2 Å². The van der Waals surface area contributed by atoms with Crippen LogP contribution in [0.5, 0.6) is 5.75 Å². The van der Waals surface area contributed by atoms with Gasteiger partial charge in [0.25, 0.3) is 0 Å². The van der Waals surface area contributed by atoms with Crippen molar-refractivity contribution in [3.63, 3.8) is 0 Å². The number of primary amides is 1. The van der Waals surface area contributed by atoms with Gasteiger partial charge in [0.1, 0.15) is 12.4 Å². The molecule has 1 amide bonds. The summed E-state index contributed by atoms with van der Waals surface area (Å²) >= 11 is 0. The monoisotopic (exact) mass is 209 g/mol. The van der Waals surface area contributed by atoms with Crippen molar-refractivity contribution in [3.8, 4) is 5.75 Å². The Balaban J connectivity index is 2.76. The fourth-order valence-electron chi connectivity index (χ4n) is 1.14. The third-order valence-corrected chi connectivity index (χ3v) is 2.02. The van der Waals surface area contributed by atoms with E-state index in [4.69, 9.17) is 15.2 Å². The number of rotatable bonds is 5. The fraction of sp³-hybridized carbons (Fsp3) is 0.364. The van der Waals surface area contributed by atoms with Gasteiger partial charge in [-0.2, -0.15) is 0 Å². The molecule has 0 aliphatic heterocycles. The van der Waals surface area contributed by atoms with Crippen molar-refractivity contribution < 1.29 is 14.3 Å². The molecule has 0 aliphatic carbocycles. The number of ether oxygens (including phenoxy) is 2. The summed E-state index contributed by atoms with van der Waals surface area (Å²) in [7, 11) is 1.61. The zero-order valence-corrected chi connectivity index (χ0v) is 8.95. The zero-order valence-electron chi connectivity index (χ0n) is 8.95. The predicted octanol–water partition coefficient (Wildman–Crippen LogP) is 1.12. The third-order valence-electron chi connectivity index (χ3n) is 2.02. The second kappa shape index (κ2) is 5.36. The molecule has 0 heterocycles. The number of amides is 1. The Hall–Kier alpha value is -1.55. The lowest BCUT2D eigenvalue weighted by molar-refractivity contribution is 0.0999. The summed E-state index contributed by atoms with van der Waals surface area (Å²) in [5.41, 5.74) is 6.59. The molecule has 0 unspecified atom stereocenters. The molecule has 1 aromatic carbocycles. The Morgan fingerprint density at radius 1 is 1.40 bits per heavy atom. The summed E-state index contributed by atoms with van der Waals surface area (Å²) in [6.07, 6.45) is 0. The standard InChI is InChI=1S/C11H15NO3/c1-8-3-4-9(11(12)13)7-10(8)15-6-5-14-2/h3-4,7H,5-6H2,1-2H3,(H2,12,13). The van der Waals surface area contributed by atoms with E-state index in [1.54, 1.807) is 19.2 Å². The number of nitrogens with two attached hydrogens (primary N) is 1. The Bertz CT molecular complexity index is 350. The molecule has 0 aliphatic rings. The number of carbonyl (C=O) groups is 1. The summed E-state index contributed by atoms with van der Waals surface area (Å²) in [5.74, 6) is 0.218. The van der Waals surface area contributed by atoms with Crippen LogP contribution in [0.25, 0.3) is 0 Å². The smallest absolute Gasteiger partial charge is 0.248 e. The normalized spacial score (nSPS) is 10.0. The number of methoxy groups -OCH3 is 1. The van der Waals surface area contributed by atoms with E-state index in [1.807, 2.05) is 13.0 Å². The maximum Gasteiger partial charge on any atom is 0.248 e. The lowest BCUT2D eigenvalue weighted by Gasteiger charge is -2.09. The van der Waals surface area contributed by atoms with Gasteiger partial charge in [-0.3, -0.25) is 4.79 Å². The van der Waals surface area contributed by atoms with Crippen LogP contribution in [0.4, 0.5) is 0 Å². The van der Waals surface area contributed by atoms with Crippen LogP contribution in [-0.2, 0) is 4.74 Å². The van der Waals surface area contributed by atoms with Crippen LogP contribution in [0, 0.1) is 6.92 Å². The van der Waals surface area contributed by atoms with E-state index >= 15 is 0 Å². The second-order valence-electron chi connectivity index (χ2n) is 3.19. The lowest BCUT2D eigenvalue weighted by Crippen LogP contribution is -2.12. The highest BCUT2D eigenvalue weighted by Gasteiger charge is 2.05. The summed E-state index contributed by atoms with van der Waals surface area (Å²) in [6.45, 7) is 2.88. The first-order chi connectivity index (χ1) is 7.15. The van der Waals surface area contributed by atoms with Gasteiger partial charge in [-0.15, -0.1) is 0 Å². The van der Waals surface area contributed by atoms with Gasteiger partial charge in [-0.1, -0.05) is 6.07 Å². The van der Waals surface area contributed by atoms with Crippen LogP contribution in [0.1, 0.15) is 15.9 Å². The molecule has 0 fully saturated rings. The summed E-state index contributed by atoms with van der Waals surface area (Å²) < 4.78 is 10.3. The topological polar surface area (TPSA) is 61.6 Å². The van der Waals surface area contributed by atoms with E-state index in [0.717, 1.165) is 5.56 Å². The Morgan fingerprint density at radius 3 is 2.73 bits per heavy atom. The van der Waals surface area contributed by atoms with Crippen molar-refractivity contribution in [3.05, 3.63) is 29.3 Å². The number of hydrogen-bond acceptors (Lipinski definition) is 3. The largest absolute Gasteiger partial charge is 0.491 e. The molecule has 0 aromatic heterocycles. The van der Waals surface area contributed by atoms with Gasteiger partial charge >= 0.3 is 0 Å². The molecule has 0 bridgehead atoms. The van der Waals surface area contributed by atoms with Crippen LogP contribution in [0.15, 0.2) is 18.2 Å². The van der Waals surface area contributed by atoms with Gasteiger partial charge in [0, 0.05) is 12.7 Å². The second-order valence-corrected chi connectivity index (χ2v) is 3.19. The van der Waals surface area contributed by atoms with Crippen LogP contribution in [-0.4, -0.2) is 26.2 Å². The molecular formula is C11H15NO3. The van der Waals surface area contributed by atoms with Crippen molar-refractivity contribution in [1.29, 1.82) is 0 Å². The maximum atomic E-state index is 10.9. The van der Waals surface area contributed by atoms with E-state index in [2.05, 4.69) is 0 Å². The van der Waals surface area contributed by atoms with Gasteiger partial charge in [0.2, 0.25) is 5.91 Å². The summed E-state index contributed by atoms with van der Waals surface area (Å²) in [6, 6.07) is 5.14. The highest BCUT2D eigenvalue weighted by atomic mass is 16.5. The van der Waals surface area contributed by atoms with E-state index < -0.39 is 5.91 Å². The minimum atomic E-state index is -0.452. The molecule has 4 nitrogen and oxygen atoms in total. The molecule has 82 valence electrons. The molecule has 2 N–H and O–H groups in total. The van der Waals surface area contributed by atoms with Crippen molar-refractivity contribution in [2.45, 2.75) is 6.92 Å². The van der Waals surface area contributed by atoms with Crippen molar-refractivity contribution in [2.75, 3.05) is 20.3 Å². The molecule has 0 spiro atoms. The average Bonchev–Trinajstić information content (AvgIpc) is 2.20. The van der Waals surface area contributed by atoms with Crippen molar-refractivity contribution in [1.82, 2.24) is 0 Å². The zero-order chi connectivity index (χ0) is 11.3. The molecule has 1 rings (SSSR count). The third kappa shape index (κ3) is 3.25. The quantitative estimate of drug-likeness (QED) is 0.739. The minimum absolute atomic E-state index is 0.452. The minimum Gasteiger partial charge on any atom is -0.491 e. The molecule has 0 radical (unpaired) electrons. The number of carbonyl (C=O) groups excluding carboxylic acids is 1. The van der Waals surface area contributed by atoms with E-state index in [9.17, 15) is 4.79 Å². The number of benzene rings is 1. The van der Waals surface area contributed by atoms with Crippen LogP contribution >= 0.6 is 0 Å². The Labute approximate surface area is 89.0 Å². The first-order valence-electron chi connectivity index (χ1n) is 4.67. The lowest BCUT2D eigenvalue weighted by atomic mass is 10.1. The summed E-state index contributed by atoms with van der Waals surface area (Å²) in [5, 5.41) is 0. The highest BCUT2D eigenvalue weighted by molar-refractivity contribution is 5.93. The first kappa shape index (κ1) is 11.5. The van der Waals surface area contributed by atoms with Gasteiger partial charge in [-0.05, 0) is 24.6 Å². The average molecular weight is 209 g/mol. The number of hydrogen-bond donors (Lipinski definition) is 1. The van der Waals surface area contributed by atoms with Crippen LogP contribution < -0.4 is 10.5 Å². The molecule has 1 aromatic rings. The van der Waals surface area contributed by atoms with Gasteiger partial charge in [0.15, 0.2) is 0 Å². The van der Waals surface area contributed by atoms with Crippen molar-refractivity contribution >= 4 is 5.91 Å². The Morgan fingerprint density at radius 2 is 2.13 bits per heavy atom. The van der Waals surface area contributed by atoms with Gasteiger partial charge in [0.05, 0.1) is 6.61 Å². The molecule has 0 atom stereocenters. The fourth-order valence-corrected chi connectivity index (χ4v) is 1.14.